The standard InChI is InChI=1S/C14H18N2O/c1-11-2-3-13-9-15-14(16(13)10-11)8-12-4-6-17-7-5-12/h2-3,9-10,12H,4-8H2,1H3. The molecule has 0 aliphatic carbocycles. The van der Waals surface area contributed by atoms with Gasteiger partial charge in [-0.15, -0.1) is 0 Å². The fraction of sp³-hybridized carbons (Fsp3) is 0.500. The zero-order valence-corrected chi connectivity index (χ0v) is 10.2. The lowest BCUT2D eigenvalue weighted by molar-refractivity contribution is 0.0659. The van der Waals surface area contributed by atoms with Crippen molar-refractivity contribution in [2.45, 2.75) is 26.2 Å². The largest absolute Gasteiger partial charge is 0.381 e. The van der Waals surface area contributed by atoms with Gasteiger partial charge >= 0.3 is 0 Å². The van der Waals surface area contributed by atoms with E-state index in [-0.39, 0.29) is 0 Å². The molecule has 0 aromatic carbocycles. The van der Waals surface area contributed by atoms with Crippen molar-refractivity contribution in [1.29, 1.82) is 0 Å². The minimum atomic E-state index is 0.731. The minimum Gasteiger partial charge on any atom is -0.381 e. The van der Waals surface area contributed by atoms with Crippen LogP contribution in [0.15, 0.2) is 24.5 Å². The van der Waals surface area contributed by atoms with Crippen LogP contribution in [-0.4, -0.2) is 22.6 Å². The van der Waals surface area contributed by atoms with Crippen LogP contribution in [0.4, 0.5) is 0 Å². The van der Waals surface area contributed by atoms with Crippen molar-refractivity contribution >= 4 is 5.52 Å². The first-order valence-corrected chi connectivity index (χ1v) is 6.33. The van der Waals surface area contributed by atoms with E-state index in [4.69, 9.17) is 4.74 Å². The Morgan fingerprint density at radius 2 is 2.18 bits per heavy atom. The molecule has 90 valence electrons. The number of ether oxygens (including phenoxy) is 1. The molecule has 3 heteroatoms. The molecule has 3 nitrogen and oxygen atoms in total. The van der Waals surface area contributed by atoms with E-state index in [0.29, 0.717) is 0 Å². The van der Waals surface area contributed by atoms with Crippen molar-refractivity contribution in [1.82, 2.24) is 9.38 Å². The summed E-state index contributed by atoms with van der Waals surface area (Å²) in [6.07, 6.45) is 7.55. The third-order valence-corrected chi connectivity index (χ3v) is 3.56. The highest BCUT2D eigenvalue weighted by Gasteiger charge is 2.16. The monoisotopic (exact) mass is 230 g/mol. The summed E-state index contributed by atoms with van der Waals surface area (Å²) in [5, 5.41) is 0. The summed E-state index contributed by atoms with van der Waals surface area (Å²) < 4.78 is 7.63. The van der Waals surface area contributed by atoms with Gasteiger partial charge in [-0.3, -0.25) is 0 Å². The first kappa shape index (κ1) is 10.8. The molecule has 0 saturated carbocycles. The Morgan fingerprint density at radius 1 is 1.35 bits per heavy atom. The number of hydrogen-bond donors (Lipinski definition) is 0. The van der Waals surface area contributed by atoms with E-state index >= 15 is 0 Å². The number of fused-ring (bicyclic) bond motifs is 1. The normalized spacial score (nSPS) is 17.7. The van der Waals surface area contributed by atoms with Crippen LogP contribution in [-0.2, 0) is 11.2 Å². The highest BCUT2D eigenvalue weighted by molar-refractivity contribution is 5.46. The summed E-state index contributed by atoms with van der Waals surface area (Å²) >= 11 is 0. The predicted molar refractivity (Wildman–Crippen MR) is 67.2 cm³/mol. The maximum absolute atomic E-state index is 5.40. The van der Waals surface area contributed by atoms with Crippen molar-refractivity contribution < 1.29 is 4.74 Å². The molecule has 0 bridgehead atoms. The van der Waals surface area contributed by atoms with E-state index in [1.165, 1.54) is 29.7 Å². The predicted octanol–water partition coefficient (Wildman–Crippen LogP) is 2.61. The van der Waals surface area contributed by atoms with E-state index in [0.717, 1.165) is 25.6 Å². The molecule has 3 heterocycles. The number of hydrogen-bond acceptors (Lipinski definition) is 2. The van der Waals surface area contributed by atoms with Gasteiger partial charge in [-0.25, -0.2) is 4.98 Å². The summed E-state index contributed by atoms with van der Waals surface area (Å²) in [4.78, 5) is 4.55. The van der Waals surface area contributed by atoms with Crippen LogP contribution >= 0.6 is 0 Å². The molecule has 0 radical (unpaired) electrons. The topological polar surface area (TPSA) is 26.5 Å². The molecule has 1 fully saturated rings. The minimum absolute atomic E-state index is 0.731. The van der Waals surface area contributed by atoms with Crippen LogP contribution in [0.2, 0.25) is 0 Å². The second-order valence-electron chi connectivity index (χ2n) is 4.94. The SMILES string of the molecule is Cc1ccc2cnc(CC3CCOCC3)n2c1. The molecule has 17 heavy (non-hydrogen) atoms. The van der Waals surface area contributed by atoms with E-state index in [9.17, 15) is 0 Å². The van der Waals surface area contributed by atoms with Gasteiger partial charge in [0.15, 0.2) is 0 Å². The van der Waals surface area contributed by atoms with E-state index in [2.05, 4.69) is 34.6 Å². The summed E-state index contributed by atoms with van der Waals surface area (Å²) in [5.41, 5.74) is 2.47. The molecule has 0 amide bonds. The number of rotatable bonds is 2. The fourth-order valence-corrected chi connectivity index (χ4v) is 2.51. The maximum atomic E-state index is 5.40. The molecular weight excluding hydrogens is 212 g/mol. The maximum Gasteiger partial charge on any atom is 0.113 e. The van der Waals surface area contributed by atoms with E-state index < -0.39 is 0 Å². The summed E-state index contributed by atoms with van der Waals surface area (Å²) in [5.74, 6) is 1.92. The van der Waals surface area contributed by atoms with Gasteiger partial charge in [-0.1, -0.05) is 6.07 Å². The Hall–Kier alpha value is -1.35. The Kier molecular flexibility index (Phi) is 2.85. The van der Waals surface area contributed by atoms with Gasteiger partial charge in [0.05, 0.1) is 11.7 Å². The number of imidazole rings is 1. The molecule has 0 spiro atoms. The van der Waals surface area contributed by atoms with Crippen molar-refractivity contribution in [3.8, 4) is 0 Å². The highest BCUT2D eigenvalue weighted by Crippen LogP contribution is 2.20. The summed E-state index contributed by atoms with van der Waals surface area (Å²) in [7, 11) is 0. The molecule has 3 rings (SSSR count). The van der Waals surface area contributed by atoms with Crippen LogP contribution in [0.25, 0.3) is 5.52 Å². The molecule has 1 aliphatic heterocycles. The summed E-state index contributed by atoms with van der Waals surface area (Å²) in [6, 6.07) is 4.27. The van der Waals surface area contributed by atoms with Gasteiger partial charge in [0.2, 0.25) is 0 Å². The van der Waals surface area contributed by atoms with E-state index in [1.54, 1.807) is 0 Å². The summed E-state index contributed by atoms with van der Waals surface area (Å²) in [6.45, 7) is 3.94. The molecule has 0 atom stereocenters. The lowest BCUT2D eigenvalue weighted by atomic mass is 9.96. The number of pyridine rings is 1. The molecule has 1 aliphatic rings. The van der Waals surface area contributed by atoms with Crippen LogP contribution in [0, 0.1) is 12.8 Å². The Labute approximate surface area is 101 Å². The highest BCUT2D eigenvalue weighted by atomic mass is 16.5. The van der Waals surface area contributed by atoms with Crippen LogP contribution in [0.1, 0.15) is 24.2 Å². The zero-order chi connectivity index (χ0) is 11.7. The Bertz CT molecular complexity index is 512. The van der Waals surface area contributed by atoms with Gasteiger partial charge < -0.3 is 9.14 Å². The lowest BCUT2D eigenvalue weighted by Crippen LogP contribution is -2.18. The molecule has 2 aromatic heterocycles. The quantitative estimate of drug-likeness (QED) is 0.792. The molecule has 0 N–H and O–H groups in total. The first-order valence-electron chi connectivity index (χ1n) is 6.33. The number of aryl methyl sites for hydroxylation is 1. The first-order chi connectivity index (χ1) is 8.33. The lowest BCUT2D eigenvalue weighted by Gasteiger charge is -2.21. The number of aromatic nitrogens is 2. The van der Waals surface area contributed by atoms with Crippen LogP contribution in [0.5, 0.6) is 0 Å². The molecule has 2 aromatic rings. The van der Waals surface area contributed by atoms with Crippen molar-refractivity contribution in [2.24, 2.45) is 5.92 Å². The Morgan fingerprint density at radius 3 is 3.00 bits per heavy atom. The van der Waals surface area contributed by atoms with Crippen molar-refractivity contribution in [2.75, 3.05) is 13.2 Å². The average molecular weight is 230 g/mol. The molecular formula is C14H18N2O. The Balaban J connectivity index is 1.86. The smallest absolute Gasteiger partial charge is 0.113 e. The van der Waals surface area contributed by atoms with Crippen molar-refractivity contribution in [3.63, 3.8) is 0 Å². The number of nitrogens with zero attached hydrogens (tertiary/aromatic N) is 2. The molecule has 0 unspecified atom stereocenters. The van der Waals surface area contributed by atoms with Gasteiger partial charge in [0.1, 0.15) is 5.82 Å². The third-order valence-electron chi connectivity index (χ3n) is 3.56. The van der Waals surface area contributed by atoms with Crippen molar-refractivity contribution in [3.05, 3.63) is 35.9 Å². The van der Waals surface area contributed by atoms with Gasteiger partial charge in [0, 0.05) is 25.8 Å². The average Bonchev–Trinajstić information content (AvgIpc) is 2.73. The second kappa shape index (κ2) is 4.49. The van der Waals surface area contributed by atoms with Crippen LogP contribution in [0.3, 0.4) is 0 Å². The third kappa shape index (κ3) is 2.20. The fourth-order valence-electron chi connectivity index (χ4n) is 2.51. The van der Waals surface area contributed by atoms with Crippen LogP contribution < -0.4 is 0 Å². The van der Waals surface area contributed by atoms with Gasteiger partial charge in [-0.05, 0) is 37.3 Å². The van der Waals surface area contributed by atoms with Gasteiger partial charge in [0.25, 0.3) is 0 Å². The zero-order valence-electron chi connectivity index (χ0n) is 10.2. The van der Waals surface area contributed by atoms with Gasteiger partial charge in [-0.2, -0.15) is 0 Å². The second-order valence-corrected chi connectivity index (χ2v) is 4.94. The van der Waals surface area contributed by atoms with E-state index in [1.807, 2.05) is 6.20 Å². The molecule has 1 saturated heterocycles.